The lowest BCUT2D eigenvalue weighted by Gasteiger charge is -2.58. The normalized spacial score (nSPS) is 31.3. The number of esters is 2. The number of carbonyl (C=O) groups is 2. The minimum Gasteiger partial charge on any atom is -0.457 e. The van der Waals surface area contributed by atoms with E-state index in [-0.39, 0.29) is 16.9 Å². The first kappa shape index (κ1) is 18.9. The van der Waals surface area contributed by atoms with E-state index in [0.29, 0.717) is 23.3 Å². The van der Waals surface area contributed by atoms with E-state index in [1.165, 1.54) is 51.3 Å². The summed E-state index contributed by atoms with van der Waals surface area (Å²) in [5.41, 5.74) is 0.0826. The van der Waals surface area contributed by atoms with Crippen LogP contribution in [-0.4, -0.2) is 16.9 Å². The van der Waals surface area contributed by atoms with Crippen LogP contribution in [0, 0.1) is 33.3 Å². The molecule has 150 valence electrons. The summed E-state index contributed by atoms with van der Waals surface area (Å²) in [7, 11) is 0. The van der Waals surface area contributed by atoms with E-state index < -0.39 is 23.0 Å². The summed E-state index contributed by atoms with van der Waals surface area (Å²) in [6.45, 7) is 2.65. The number of nitrogens with zero attached hydrogens (tertiary/aromatic N) is 1. The average molecular weight is 387 g/mol. The summed E-state index contributed by atoms with van der Waals surface area (Å²) in [5, 5.41) is 11.4. The van der Waals surface area contributed by atoms with Crippen LogP contribution in [0.1, 0.15) is 64.0 Å². The van der Waals surface area contributed by atoms with Gasteiger partial charge in [0.05, 0.1) is 4.92 Å². The van der Waals surface area contributed by atoms with E-state index >= 15 is 0 Å². The second-order valence-corrected chi connectivity index (χ2v) is 8.84. The molecule has 4 aliphatic rings. The van der Waals surface area contributed by atoms with Crippen LogP contribution in [0.4, 0.5) is 5.69 Å². The average Bonchev–Trinajstić information content (AvgIpc) is 2.58. The summed E-state index contributed by atoms with van der Waals surface area (Å²) in [4.78, 5) is 34.5. The Morgan fingerprint density at radius 2 is 1.64 bits per heavy atom. The van der Waals surface area contributed by atoms with Crippen molar-refractivity contribution in [2.45, 2.75) is 58.5 Å². The zero-order valence-corrected chi connectivity index (χ0v) is 16.2. The van der Waals surface area contributed by atoms with E-state index in [1.807, 2.05) is 0 Å². The molecule has 1 aromatic carbocycles. The summed E-state index contributed by atoms with van der Waals surface area (Å²) < 4.78 is 11.2. The molecule has 7 nitrogen and oxygen atoms in total. The molecule has 4 saturated carbocycles. The molecule has 0 amide bonds. The van der Waals surface area contributed by atoms with Gasteiger partial charge in [0.1, 0.15) is 11.9 Å². The summed E-state index contributed by atoms with van der Waals surface area (Å²) in [6.07, 6.45) is 5.85. The molecule has 0 N–H and O–H groups in total. The van der Waals surface area contributed by atoms with E-state index in [0.717, 1.165) is 19.3 Å². The maximum atomic E-state index is 12.0. The van der Waals surface area contributed by atoms with Crippen molar-refractivity contribution in [2.75, 3.05) is 0 Å². The largest absolute Gasteiger partial charge is 0.457 e. The van der Waals surface area contributed by atoms with Gasteiger partial charge >= 0.3 is 11.9 Å². The predicted octanol–water partition coefficient (Wildman–Crippen LogP) is 4.34. The van der Waals surface area contributed by atoms with Crippen molar-refractivity contribution in [1.82, 2.24) is 0 Å². The zero-order chi connectivity index (χ0) is 20.1. The van der Waals surface area contributed by atoms with E-state index in [1.54, 1.807) is 0 Å². The molecule has 4 aliphatic carbocycles. The Hall–Kier alpha value is -2.44. The van der Waals surface area contributed by atoms with Crippen LogP contribution in [0.15, 0.2) is 18.2 Å². The standard InChI is InChI=1S/C21H25NO6/c1-12(23)27-19-4-3-17(22(25)26)8-18(19)20(28-13(2)24)21-9-14-5-15(10-21)7-16(6-14)11-21/h3-4,8,14-16,20H,5-7,9-11H2,1-2H3. The highest BCUT2D eigenvalue weighted by Crippen LogP contribution is 2.65. The van der Waals surface area contributed by atoms with Crippen molar-refractivity contribution in [2.24, 2.45) is 23.2 Å². The predicted molar refractivity (Wildman–Crippen MR) is 99.5 cm³/mol. The zero-order valence-electron chi connectivity index (χ0n) is 16.2. The molecule has 7 heteroatoms. The van der Waals surface area contributed by atoms with Gasteiger partial charge in [0.2, 0.25) is 0 Å². The molecular formula is C21H25NO6. The number of carbonyl (C=O) groups excluding carboxylic acids is 2. The molecule has 5 rings (SSSR count). The Morgan fingerprint density at radius 3 is 2.11 bits per heavy atom. The van der Waals surface area contributed by atoms with Crippen molar-refractivity contribution >= 4 is 17.6 Å². The van der Waals surface area contributed by atoms with Crippen LogP contribution in [0.2, 0.25) is 0 Å². The van der Waals surface area contributed by atoms with Gasteiger partial charge < -0.3 is 9.47 Å². The van der Waals surface area contributed by atoms with Crippen LogP contribution in [-0.2, 0) is 14.3 Å². The SMILES string of the molecule is CC(=O)Oc1ccc([N+](=O)[O-])cc1C(OC(C)=O)C12CC3CC(CC(C3)C1)C2. The van der Waals surface area contributed by atoms with Crippen LogP contribution in [0.3, 0.4) is 0 Å². The number of rotatable bonds is 5. The lowest BCUT2D eigenvalue weighted by atomic mass is 9.47. The second-order valence-electron chi connectivity index (χ2n) is 8.84. The van der Waals surface area contributed by atoms with Crippen LogP contribution >= 0.6 is 0 Å². The fourth-order valence-corrected chi connectivity index (χ4v) is 6.29. The smallest absolute Gasteiger partial charge is 0.308 e. The minimum absolute atomic E-state index is 0.104. The lowest BCUT2D eigenvalue weighted by Crippen LogP contribution is -2.49. The van der Waals surface area contributed by atoms with Gasteiger partial charge in [0, 0.05) is 37.0 Å². The molecular weight excluding hydrogens is 362 g/mol. The van der Waals surface area contributed by atoms with E-state index in [4.69, 9.17) is 9.47 Å². The molecule has 0 saturated heterocycles. The molecule has 0 spiro atoms. The molecule has 1 aromatic rings. The molecule has 1 unspecified atom stereocenters. The molecule has 0 aromatic heterocycles. The number of non-ortho nitro benzene ring substituents is 1. The number of benzene rings is 1. The highest BCUT2D eigenvalue weighted by molar-refractivity contribution is 5.71. The molecule has 1 atom stereocenters. The van der Waals surface area contributed by atoms with Crippen molar-refractivity contribution in [3.05, 3.63) is 33.9 Å². The molecule has 4 fully saturated rings. The number of nitro groups is 1. The Balaban J connectivity index is 1.81. The van der Waals surface area contributed by atoms with Gasteiger partial charge in [-0.05, 0) is 62.3 Å². The molecule has 0 aliphatic heterocycles. The Kier molecular flexibility index (Phi) is 4.63. The number of hydrogen-bond donors (Lipinski definition) is 0. The summed E-state index contributed by atoms with van der Waals surface area (Å²) >= 11 is 0. The topological polar surface area (TPSA) is 95.7 Å². The molecule has 4 bridgehead atoms. The first-order valence-electron chi connectivity index (χ1n) is 9.90. The molecule has 0 heterocycles. The van der Waals surface area contributed by atoms with Gasteiger partial charge in [0.15, 0.2) is 0 Å². The van der Waals surface area contributed by atoms with Gasteiger partial charge in [-0.3, -0.25) is 19.7 Å². The van der Waals surface area contributed by atoms with Gasteiger partial charge in [-0.15, -0.1) is 0 Å². The van der Waals surface area contributed by atoms with Crippen molar-refractivity contribution in [1.29, 1.82) is 0 Å². The third kappa shape index (κ3) is 3.38. The first-order chi connectivity index (χ1) is 13.3. The Labute approximate surface area is 163 Å². The van der Waals surface area contributed by atoms with Gasteiger partial charge in [-0.1, -0.05) is 0 Å². The maximum absolute atomic E-state index is 12.0. The van der Waals surface area contributed by atoms with Crippen molar-refractivity contribution in [3.63, 3.8) is 0 Å². The van der Waals surface area contributed by atoms with Crippen LogP contribution in [0.25, 0.3) is 0 Å². The first-order valence-corrected chi connectivity index (χ1v) is 9.90. The third-order valence-corrected chi connectivity index (χ3v) is 6.67. The second kappa shape index (κ2) is 6.87. The molecule has 28 heavy (non-hydrogen) atoms. The Morgan fingerprint density at radius 1 is 1.07 bits per heavy atom. The number of hydrogen-bond acceptors (Lipinski definition) is 6. The minimum atomic E-state index is -0.646. The molecule has 0 radical (unpaired) electrons. The van der Waals surface area contributed by atoms with Crippen LogP contribution < -0.4 is 4.74 Å². The maximum Gasteiger partial charge on any atom is 0.308 e. The van der Waals surface area contributed by atoms with E-state index in [9.17, 15) is 19.7 Å². The number of ether oxygens (including phenoxy) is 2. The summed E-state index contributed by atoms with van der Waals surface area (Å²) in [5.74, 6) is 1.13. The van der Waals surface area contributed by atoms with Gasteiger partial charge in [-0.25, -0.2) is 0 Å². The highest BCUT2D eigenvalue weighted by atomic mass is 16.6. The van der Waals surface area contributed by atoms with Gasteiger partial charge in [0.25, 0.3) is 5.69 Å². The highest BCUT2D eigenvalue weighted by Gasteiger charge is 2.56. The summed E-state index contributed by atoms with van der Waals surface area (Å²) in [6, 6.07) is 4.16. The fraction of sp³-hybridized carbons (Fsp3) is 0.619. The van der Waals surface area contributed by atoms with Crippen molar-refractivity contribution < 1.29 is 24.0 Å². The lowest BCUT2D eigenvalue weighted by molar-refractivity contribution is -0.385. The Bertz CT molecular complexity index is 797. The fourth-order valence-electron chi connectivity index (χ4n) is 6.29. The van der Waals surface area contributed by atoms with Crippen molar-refractivity contribution in [3.8, 4) is 5.75 Å². The number of nitro benzene ring substituents is 1. The van der Waals surface area contributed by atoms with E-state index in [2.05, 4.69) is 0 Å². The van der Waals surface area contributed by atoms with Crippen LogP contribution in [0.5, 0.6) is 5.75 Å². The quantitative estimate of drug-likeness (QED) is 0.323. The third-order valence-electron chi connectivity index (χ3n) is 6.67. The van der Waals surface area contributed by atoms with Gasteiger partial charge in [-0.2, -0.15) is 0 Å². The monoisotopic (exact) mass is 387 g/mol.